The van der Waals surface area contributed by atoms with E-state index in [1.54, 1.807) is 0 Å². The van der Waals surface area contributed by atoms with Gasteiger partial charge in [-0.3, -0.25) is 10.1 Å². The molecule has 0 fully saturated rings. The highest BCUT2D eigenvalue weighted by molar-refractivity contribution is 7.22. The molecule has 3 aromatic rings. The molecule has 3 N–H and O–H groups in total. The number of nitrogen functional groups attached to an aromatic ring is 1. The minimum Gasteiger partial charge on any atom is -0.494 e. The van der Waals surface area contributed by atoms with Gasteiger partial charge < -0.3 is 10.5 Å². The molecule has 0 saturated heterocycles. The Hall–Kier alpha value is -2.74. The van der Waals surface area contributed by atoms with Crippen LogP contribution >= 0.6 is 11.3 Å². The van der Waals surface area contributed by atoms with Gasteiger partial charge in [0.2, 0.25) is 0 Å². The Balaban J connectivity index is 1.85. The number of amides is 1. The molecule has 0 aliphatic heterocycles. The maximum atomic E-state index is 12.1. The molecule has 1 aromatic carbocycles. The molecule has 0 spiro atoms. The highest BCUT2D eigenvalue weighted by Crippen LogP contribution is 2.29. The molecule has 2 aromatic heterocycles. The SMILES string of the molecule is CCOc1ccc2nc(NC(=O)c3nccnc3N)sc2c1. The first-order valence-electron chi connectivity index (χ1n) is 6.58. The van der Waals surface area contributed by atoms with E-state index in [0.29, 0.717) is 11.7 Å². The highest BCUT2D eigenvalue weighted by atomic mass is 32.1. The van der Waals surface area contributed by atoms with Gasteiger partial charge in [-0.1, -0.05) is 11.3 Å². The van der Waals surface area contributed by atoms with Crippen LogP contribution in [0.25, 0.3) is 10.2 Å². The standard InChI is InChI=1S/C14H13N5O2S/c1-2-21-8-3-4-9-10(7-8)22-14(18-9)19-13(20)11-12(15)17-6-5-16-11/h3-7H,2H2,1H3,(H2,15,17)(H,18,19,20). The molecule has 22 heavy (non-hydrogen) atoms. The van der Waals surface area contributed by atoms with E-state index in [1.165, 1.54) is 23.7 Å². The summed E-state index contributed by atoms with van der Waals surface area (Å²) in [5, 5.41) is 3.16. The Kier molecular flexibility index (Phi) is 3.84. The lowest BCUT2D eigenvalue weighted by molar-refractivity contribution is 0.102. The summed E-state index contributed by atoms with van der Waals surface area (Å²) >= 11 is 1.35. The van der Waals surface area contributed by atoms with Crippen molar-refractivity contribution in [3.63, 3.8) is 0 Å². The van der Waals surface area contributed by atoms with Crippen LogP contribution in [0.3, 0.4) is 0 Å². The fourth-order valence-electron chi connectivity index (χ4n) is 1.89. The summed E-state index contributed by atoms with van der Waals surface area (Å²) in [6.45, 7) is 2.52. The van der Waals surface area contributed by atoms with Crippen LogP contribution in [0.1, 0.15) is 17.4 Å². The van der Waals surface area contributed by atoms with Crippen molar-refractivity contribution >= 4 is 38.4 Å². The molecule has 0 aliphatic carbocycles. The number of carbonyl (C=O) groups is 1. The molecular weight excluding hydrogens is 302 g/mol. The van der Waals surface area contributed by atoms with Gasteiger partial charge in [0.05, 0.1) is 16.8 Å². The molecule has 0 atom stereocenters. The molecule has 7 nitrogen and oxygen atoms in total. The number of nitrogens with two attached hydrogens (primary N) is 1. The summed E-state index contributed by atoms with van der Waals surface area (Å²) in [4.78, 5) is 24.2. The first kappa shape index (κ1) is 14.2. The van der Waals surface area contributed by atoms with Crippen molar-refractivity contribution in [3.05, 3.63) is 36.3 Å². The molecule has 2 heterocycles. The van der Waals surface area contributed by atoms with Gasteiger partial charge in [-0.2, -0.15) is 0 Å². The summed E-state index contributed by atoms with van der Waals surface area (Å²) in [6.07, 6.45) is 2.84. The third-order valence-electron chi connectivity index (χ3n) is 2.83. The molecule has 0 saturated carbocycles. The van der Waals surface area contributed by atoms with Crippen molar-refractivity contribution < 1.29 is 9.53 Å². The average molecular weight is 315 g/mol. The van der Waals surface area contributed by atoms with E-state index in [0.717, 1.165) is 16.0 Å². The largest absolute Gasteiger partial charge is 0.494 e. The number of anilines is 2. The fraction of sp³-hybridized carbons (Fsp3) is 0.143. The highest BCUT2D eigenvalue weighted by Gasteiger charge is 2.14. The first-order chi connectivity index (χ1) is 10.7. The van der Waals surface area contributed by atoms with Gasteiger partial charge in [0, 0.05) is 12.4 Å². The fourth-order valence-corrected chi connectivity index (χ4v) is 2.78. The lowest BCUT2D eigenvalue weighted by Crippen LogP contribution is -2.16. The molecule has 0 bridgehead atoms. The monoisotopic (exact) mass is 315 g/mol. The van der Waals surface area contributed by atoms with E-state index in [4.69, 9.17) is 10.5 Å². The van der Waals surface area contributed by atoms with Crippen LogP contribution < -0.4 is 15.8 Å². The summed E-state index contributed by atoms with van der Waals surface area (Å²) in [5.74, 6) is 0.420. The second-order valence-corrected chi connectivity index (χ2v) is 5.36. The number of hydrogen-bond donors (Lipinski definition) is 2. The van der Waals surface area contributed by atoms with Crippen LogP contribution in [0, 0.1) is 0 Å². The van der Waals surface area contributed by atoms with Gasteiger partial charge in [0.25, 0.3) is 5.91 Å². The number of fused-ring (bicyclic) bond motifs is 1. The quantitative estimate of drug-likeness (QED) is 0.766. The molecule has 1 amide bonds. The van der Waals surface area contributed by atoms with Gasteiger partial charge in [-0.25, -0.2) is 15.0 Å². The van der Waals surface area contributed by atoms with E-state index >= 15 is 0 Å². The number of nitrogens with one attached hydrogen (secondary N) is 1. The topological polar surface area (TPSA) is 103 Å². The van der Waals surface area contributed by atoms with Gasteiger partial charge in [0.1, 0.15) is 5.75 Å². The van der Waals surface area contributed by atoms with Gasteiger partial charge >= 0.3 is 0 Å². The van der Waals surface area contributed by atoms with E-state index in [-0.39, 0.29) is 11.5 Å². The molecule has 112 valence electrons. The third kappa shape index (κ3) is 2.82. The van der Waals surface area contributed by atoms with Crippen LogP contribution in [0.2, 0.25) is 0 Å². The summed E-state index contributed by atoms with van der Waals surface area (Å²) in [5.41, 5.74) is 6.50. The first-order valence-corrected chi connectivity index (χ1v) is 7.40. The van der Waals surface area contributed by atoms with E-state index < -0.39 is 5.91 Å². The lowest BCUT2D eigenvalue weighted by atomic mass is 10.3. The summed E-state index contributed by atoms with van der Waals surface area (Å²) < 4.78 is 6.37. The third-order valence-corrected chi connectivity index (χ3v) is 3.77. The van der Waals surface area contributed by atoms with Crippen molar-refractivity contribution in [2.75, 3.05) is 17.7 Å². The van der Waals surface area contributed by atoms with Crippen molar-refractivity contribution in [1.29, 1.82) is 0 Å². The van der Waals surface area contributed by atoms with Gasteiger partial charge in [-0.15, -0.1) is 0 Å². The number of thiazole rings is 1. The molecule has 8 heteroatoms. The van der Waals surface area contributed by atoms with Crippen molar-refractivity contribution in [3.8, 4) is 5.75 Å². The predicted molar refractivity (Wildman–Crippen MR) is 85.2 cm³/mol. The maximum absolute atomic E-state index is 12.1. The smallest absolute Gasteiger partial charge is 0.279 e. The molecular formula is C14H13N5O2S. The van der Waals surface area contributed by atoms with Crippen molar-refractivity contribution in [2.45, 2.75) is 6.92 Å². The number of carbonyl (C=O) groups excluding carboxylic acids is 1. The zero-order chi connectivity index (χ0) is 15.5. The summed E-state index contributed by atoms with van der Waals surface area (Å²) in [7, 11) is 0. The minimum absolute atomic E-state index is 0.0803. The predicted octanol–water partition coefficient (Wildman–Crippen LogP) is 2.32. The number of rotatable bonds is 4. The van der Waals surface area contributed by atoms with Crippen molar-refractivity contribution in [2.24, 2.45) is 0 Å². The number of ether oxygens (including phenoxy) is 1. The molecule has 3 rings (SSSR count). The van der Waals surface area contributed by atoms with Gasteiger partial charge in [0.15, 0.2) is 16.6 Å². The Bertz CT molecular complexity index is 833. The van der Waals surface area contributed by atoms with E-state index in [1.807, 2.05) is 25.1 Å². The molecule has 0 aliphatic rings. The van der Waals surface area contributed by atoms with Crippen LogP contribution in [-0.4, -0.2) is 27.5 Å². The number of benzene rings is 1. The van der Waals surface area contributed by atoms with Gasteiger partial charge in [-0.05, 0) is 25.1 Å². The van der Waals surface area contributed by atoms with E-state index in [9.17, 15) is 4.79 Å². The average Bonchev–Trinajstić information content (AvgIpc) is 2.89. The lowest BCUT2D eigenvalue weighted by Gasteiger charge is -2.02. The second kappa shape index (κ2) is 5.94. The van der Waals surface area contributed by atoms with Crippen LogP contribution in [0.4, 0.5) is 10.9 Å². The number of hydrogen-bond acceptors (Lipinski definition) is 7. The Morgan fingerprint density at radius 2 is 2.18 bits per heavy atom. The van der Waals surface area contributed by atoms with E-state index in [2.05, 4.69) is 20.3 Å². The van der Waals surface area contributed by atoms with Crippen LogP contribution in [0.15, 0.2) is 30.6 Å². The Morgan fingerprint density at radius 3 is 2.95 bits per heavy atom. The number of aromatic nitrogens is 3. The molecule has 0 radical (unpaired) electrons. The Labute approximate surface area is 130 Å². The maximum Gasteiger partial charge on any atom is 0.279 e. The molecule has 0 unspecified atom stereocenters. The number of nitrogens with zero attached hydrogens (tertiary/aromatic N) is 3. The second-order valence-electron chi connectivity index (χ2n) is 4.33. The van der Waals surface area contributed by atoms with Crippen LogP contribution in [-0.2, 0) is 0 Å². The Morgan fingerprint density at radius 1 is 1.36 bits per heavy atom. The zero-order valence-corrected chi connectivity index (χ0v) is 12.6. The summed E-state index contributed by atoms with van der Waals surface area (Å²) in [6, 6.07) is 5.59. The minimum atomic E-state index is -0.435. The van der Waals surface area contributed by atoms with Crippen LogP contribution in [0.5, 0.6) is 5.75 Å². The zero-order valence-electron chi connectivity index (χ0n) is 11.7. The normalized spacial score (nSPS) is 10.6. The van der Waals surface area contributed by atoms with Crippen molar-refractivity contribution in [1.82, 2.24) is 15.0 Å².